The Kier molecular flexibility index (Phi) is 6.20. The lowest BCUT2D eigenvalue weighted by atomic mass is 10.1. The average molecular weight is 523 g/mol. The van der Waals surface area contributed by atoms with E-state index in [4.69, 9.17) is 4.74 Å². The highest BCUT2D eigenvalue weighted by Crippen LogP contribution is 2.43. The predicted molar refractivity (Wildman–Crippen MR) is 129 cm³/mol. The Morgan fingerprint density at radius 2 is 1.90 bits per heavy atom. The number of amides is 1. The van der Waals surface area contributed by atoms with Gasteiger partial charge in [0.2, 0.25) is 0 Å². The molecule has 9 heteroatoms. The van der Waals surface area contributed by atoms with Gasteiger partial charge in [-0.15, -0.1) is 0 Å². The molecular formula is C22H23BrN2O4S2. The van der Waals surface area contributed by atoms with Crippen LogP contribution in [0.1, 0.15) is 16.7 Å². The van der Waals surface area contributed by atoms with Crippen molar-refractivity contribution >= 4 is 54.3 Å². The number of methoxy groups -OCH3 is 1. The van der Waals surface area contributed by atoms with Crippen LogP contribution < -0.4 is 9.64 Å². The van der Waals surface area contributed by atoms with Crippen molar-refractivity contribution < 1.29 is 17.9 Å². The number of nitrogens with zero attached hydrogens (tertiary/aromatic N) is 2. The van der Waals surface area contributed by atoms with E-state index in [9.17, 15) is 13.2 Å². The van der Waals surface area contributed by atoms with Gasteiger partial charge in [0.1, 0.15) is 5.75 Å². The molecule has 0 N–H and O–H groups in total. The summed E-state index contributed by atoms with van der Waals surface area (Å²) in [5.41, 5.74) is 3.70. The number of carbonyl (C=O) groups is 1. The number of sulfone groups is 1. The fourth-order valence-corrected chi connectivity index (χ4v) is 8.87. The number of hydrogen-bond donors (Lipinski definition) is 0. The number of rotatable bonds is 4. The number of anilines is 1. The van der Waals surface area contributed by atoms with Gasteiger partial charge >= 0.3 is 0 Å². The number of amidine groups is 1. The number of aliphatic imine (C=N–C) groups is 1. The highest BCUT2D eigenvalue weighted by molar-refractivity contribution is 9.10. The van der Waals surface area contributed by atoms with Gasteiger partial charge in [-0.3, -0.25) is 4.79 Å². The van der Waals surface area contributed by atoms with Crippen LogP contribution in [0, 0.1) is 13.8 Å². The normalized spacial score (nSPS) is 23.2. The summed E-state index contributed by atoms with van der Waals surface area (Å²) >= 11 is 4.91. The highest BCUT2D eigenvalue weighted by atomic mass is 79.9. The summed E-state index contributed by atoms with van der Waals surface area (Å²) in [5, 5.41) is 0.434. The molecule has 0 spiro atoms. The van der Waals surface area contributed by atoms with Crippen molar-refractivity contribution in [3.63, 3.8) is 0 Å². The molecule has 2 aromatic rings. The number of halogens is 1. The molecule has 2 saturated heterocycles. The lowest BCUT2D eigenvalue weighted by molar-refractivity contribution is -0.117. The molecule has 0 bridgehead atoms. The molecule has 0 aromatic heterocycles. The minimum atomic E-state index is -3.12. The second kappa shape index (κ2) is 8.60. The lowest BCUT2D eigenvalue weighted by Crippen LogP contribution is -2.38. The summed E-state index contributed by atoms with van der Waals surface area (Å²) < 4.78 is 30.9. The van der Waals surface area contributed by atoms with Gasteiger partial charge in [0.05, 0.1) is 31.1 Å². The fraction of sp³-hybridized carbons (Fsp3) is 0.364. The second-order valence-corrected chi connectivity index (χ2v) is 12.1. The first kappa shape index (κ1) is 22.4. The van der Waals surface area contributed by atoms with Crippen LogP contribution >= 0.6 is 27.7 Å². The minimum Gasteiger partial charge on any atom is -0.496 e. The maximum absolute atomic E-state index is 12.9. The number of ether oxygens (including phenoxy) is 1. The molecule has 2 aromatic carbocycles. The Hall–Kier alpha value is -1.84. The fourth-order valence-electron chi connectivity index (χ4n) is 4.27. The van der Waals surface area contributed by atoms with Crippen molar-refractivity contribution in [1.82, 2.24) is 0 Å². The number of aryl methyl sites for hydroxylation is 2. The lowest BCUT2D eigenvalue weighted by Gasteiger charge is -2.28. The number of thioether (sulfide) groups is 1. The third-order valence-corrected chi connectivity index (χ3v) is 9.19. The summed E-state index contributed by atoms with van der Waals surface area (Å²) in [6, 6.07) is 11.1. The molecule has 164 valence electrons. The molecular weight excluding hydrogens is 500 g/mol. The van der Waals surface area contributed by atoms with E-state index in [1.807, 2.05) is 55.1 Å². The smallest absolute Gasteiger partial charge is 0.252 e. The largest absolute Gasteiger partial charge is 0.496 e. The number of para-hydroxylation sites is 1. The molecule has 2 fully saturated rings. The van der Waals surface area contributed by atoms with E-state index in [0.717, 1.165) is 26.9 Å². The molecule has 0 unspecified atom stereocenters. The van der Waals surface area contributed by atoms with Crippen LogP contribution in [0.15, 0.2) is 45.9 Å². The zero-order valence-corrected chi connectivity index (χ0v) is 20.7. The number of hydrogen-bond acceptors (Lipinski definition) is 5. The van der Waals surface area contributed by atoms with Crippen LogP contribution in [-0.2, 0) is 21.1 Å². The zero-order chi connectivity index (χ0) is 22.3. The number of carbonyl (C=O) groups excluding carboxylic acids is 1. The van der Waals surface area contributed by atoms with Gasteiger partial charge in [-0.1, -0.05) is 45.9 Å². The van der Waals surface area contributed by atoms with Gasteiger partial charge in [-0.25, -0.2) is 8.42 Å². The van der Waals surface area contributed by atoms with E-state index in [2.05, 4.69) is 20.9 Å². The van der Waals surface area contributed by atoms with Crippen LogP contribution in [0.25, 0.3) is 0 Å². The highest BCUT2D eigenvalue weighted by Gasteiger charge is 2.50. The number of fused-ring (bicyclic) bond motifs is 1. The maximum atomic E-state index is 12.9. The Balaban J connectivity index is 1.72. The van der Waals surface area contributed by atoms with Crippen molar-refractivity contribution in [3.05, 3.63) is 57.6 Å². The van der Waals surface area contributed by atoms with Crippen LogP contribution in [0.4, 0.5) is 5.69 Å². The Labute approximate surface area is 195 Å². The quantitative estimate of drug-likeness (QED) is 0.605. The first-order valence-electron chi connectivity index (χ1n) is 9.85. The van der Waals surface area contributed by atoms with Gasteiger partial charge in [0.25, 0.3) is 5.91 Å². The third kappa shape index (κ3) is 4.54. The first-order valence-corrected chi connectivity index (χ1v) is 13.3. The summed E-state index contributed by atoms with van der Waals surface area (Å²) in [7, 11) is -1.54. The second-order valence-electron chi connectivity index (χ2n) is 7.84. The Bertz CT molecular complexity index is 1160. The van der Waals surface area contributed by atoms with E-state index in [1.165, 1.54) is 11.8 Å². The molecule has 6 nitrogen and oxygen atoms in total. The molecule has 2 heterocycles. The van der Waals surface area contributed by atoms with E-state index < -0.39 is 9.84 Å². The number of benzene rings is 2. The standard InChI is InChI=1S/C22H23BrN2O4S2/c1-13-8-16(23)9-14(2)21(13)25-17-11-31(27,28)12-19(17)30-22(25)24-20(26)10-15-6-4-5-7-18(15)29-3/h4-9,17,19H,10-12H2,1-3H3/t17-,19+/m0/s1. The summed E-state index contributed by atoms with van der Waals surface area (Å²) in [5.74, 6) is 0.536. The third-order valence-electron chi connectivity index (χ3n) is 5.52. The Morgan fingerprint density at radius 3 is 2.58 bits per heavy atom. The molecule has 2 aliphatic heterocycles. The molecule has 0 radical (unpaired) electrons. The molecule has 0 aliphatic carbocycles. The van der Waals surface area contributed by atoms with Gasteiger partial charge in [-0.2, -0.15) is 4.99 Å². The van der Waals surface area contributed by atoms with Crippen LogP contribution in [0.5, 0.6) is 5.75 Å². The van der Waals surface area contributed by atoms with Crippen molar-refractivity contribution in [2.45, 2.75) is 31.6 Å². The van der Waals surface area contributed by atoms with Crippen molar-refractivity contribution in [3.8, 4) is 5.75 Å². The van der Waals surface area contributed by atoms with E-state index in [1.54, 1.807) is 7.11 Å². The molecule has 2 aliphatic rings. The van der Waals surface area contributed by atoms with Crippen LogP contribution in [-0.4, -0.2) is 49.4 Å². The van der Waals surface area contributed by atoms with Gasteiger partial charge < -0.3 is 9.64 Å². The monoisotopic (exact) mass is 522 g/mol. The van der Waals surface area contributed by atoms with Crippen LogP contribution in [0.3, 0.4) is 0 Å². The molecule has 4 rings (SSSR count). The van der Waals surface area contributed by atoms with Gasteiger partial charge in [-0.05, 0) is 43.2 Å². The minimum absolute atomic E-state index is 0.0688. The summed E-state index contributed by atoms with van der Waals surface area (Å²) in [6.45, 7) is 3.98. The SMILES string of the molecule is COc1ccccc1CC(=O)N=C1S[C@@H]2CS(=O)(=O)C[C@@H]2N1c1c(C)cc(Br)cc1C. The van der Waals surface area contributed by atoms with E-state index in [-0.39, 0.29) is 35.1 Å². The van der Waals surface area contributed by atoms with Gasteiger partial charge in [0.15, 0.2) is 15.0 Å². The molecule has 31 heavy (non-hydrogen) atoms. The van der Waals surface area contributed by atoms with Crippen molar-refractivity contribution in [2.24, 2.45) is 4.99 Å². The van der Waals surface area contributed by atoms with Crippen molar-refractivity contribution in [1.29, 1.82) is 0 Å². The van der Waals surface area contributed by atoms with Crippen molar-refractivity contribution in [2.75, 3.05) is 23.5 Å². The van der Waals surface area contributed by atoms with E-state index in [0.29, 0.717) is 10.9 Å². The summed E-state index contributed by atoms with van der Waals surface area (Å²) in [4.78, 5) is 19.3. The molecule has 0 saturated carbocycles. The Morgan fingerprint density at radius 1 is 1.23 bits per heavy atom. The molecule has 2 atom stereocenters. The first-order chi connectivity index (χ1) is 14.7. The zero-order valence-electron chi connectivity index (χ0n) is 17.5. The summed E-state index contributed by atoms with van der Waals surface area (Å²) in [6.07, 6.45) is 0.119. The molecule has 1 amide bonds. The van der Waals surface area contributed by atoms with Gasteiger partial charge in [0, 0.05) is 21.0 Å². The average Bonchev–Trinajstić information content (AvgIpc) is 3.13. The van der Waals surface area contributed by atoms with E-state index >= 15 is 0 Å². The predicted octanol–water partition coefficient (Wildman–Crippen LogP) is 3.92. The maximum Gasteiger partial charge on any atom is 0.252 e. The van der Waals surface area contributed by atoms with Crippen LogP contribution in [0.2, 0.25) is 0 Å². The topological polar surface area (TPSA) is 76.0 Å².